The lowest BCUT2D eigenvalue weighted by molar-refractivity contribution is -0.617. The third kappa shape index (κ3) is 15.4. The van der Waals surface area contributed by atoms with Crippen LogP contribution in [-0.2, 0) is 28.2 Å². The molecular weight excluding hydrogens is 1710 g/mol. The number of pyridine rings is 8. The van der Waals surface area contributed by atoms with Crippen molar-refractivity contribution in [3.05, 3.63) is 261 Å². The molecule has 8 aliphatic carbocycles. The molecular formula is C128H144N12+4. The zero-order valence-corrected chi connectivity index (χ0v) is 84.7. The van der Waals surface area contributed by atoms with Crippen LogP contribution >= 0.6 is 0 Å². The Hall–Kier alpha value is -11.8. The molecule has 0 unspecified atom stereocenters. The Morgan fingerprint density at radius 1 is 0.214 bits per heavy atom. The number of imidazole rings is 4. The molecule has 12 heteroatoms. The lowest BCUT2D eigenvalue weighted by Gasteiger charge is -2.24. The SMILES string of the molecule is Cc1cc(C2CCCCC2)nc2c3ccc(C4CCCCC4)cc3n3c4ccccc4[n+](C)c3c12.Cc1cc(C2CCCCC2)nc2c3cccc(C4CCCCC4)c3n3c4ccccc4[n+](C)c3c12.Cc1cc(C2CCCCC2)nc2c3ccccc3n3c4c(C5CCCCC5)cccc4[n+](C)c3c12.Cc1cc(C2CCCCC2)nc2c3ccccc3n3c4cc(C5CCCCC5)ccc4[n+](C)c3c12. The Morgan fingerprint density at radius 3 is 0.900 bits per heavy atom. The third-order valence-corrected chi connectivity index (χ3v) is 36.4. The summed E-state index contributed by atoms with van der Waals surface area (Å²) in [7, 11) is 8.95. The van der Waals surface area contributed by atoms with Crippen LogP contribution in [-0.4, -0.2) is 37.5 Å². The molecule has 8 saturated carbocycles. The minimum atomic E-state index is 0.610. The maximum Gasteiger partial charge on any atom is 0.297 e. The van der Waals surface area contributed by atoms with Gasteiger partial charge in [0.1, 0.15) is 22.1 Å². The van der Waals surface area contributed by atoms with E-state index in [2.05, 4.69) is 286 Å². The van der Waals surface area contributed by atoms with E-state index in [0.717, 1.165) is 0 Å². The molecule has 20 aromatic rings. The highest BCUT2D eigenvalue weighted by Gasteiger charge is 2.37. The maximum absolute atomic E-state index is 5.51. The lowest BCUT2D eigenvalue weighted by atomic mass is 9.82. The van der Waals surface area contributed by atoms with Crippen LogP contribution in [0.25, 0.3) is 154 Å². The molecule has 0 spiro atoms. The highest BCUT2D eigenvalue weighted by molar-refractivity contribution is 6.16. The molecule has 0 bridgehead atoms. The molecule has 12 nitrogen and oxygen atoms in total. The Kier molecular flexibility index (Phi) is 24.1. The summed E-state index contributed by atoms with van der Waals surface area (Å²) in [5.74, 6) is 5.14. The summed E-state index contributed by atoms with van der Waals surface area (Å²) in [6.45, 7) is 9.22. The predicted molar refractivity (Wildman–Crippen MR) is 581 cm³/mol. The van der Waals surface area contributed by atoms with Crippen molar-refractivity contribution in [3.63, 3.8) is 0 Å². The standard InChI is InChI=1S/4C32H36N3/c1-21-20-26(23-14-7-4-8-15-23)33-30-25-17-11-16-24(22-12-5-3-6-13-22)31(25)35-28-19-10-9-18-27(28)34(2)32(35)29(21)30;1-21-20-26(23-14-7-4-8-15-23)33-30-25-16-9-10-18-27(25)35-31-24(22-12-5-3-6-13-22)17-11-19-28(31)34(2)32(35)29(21)30;1-21-19-26(23-13-7-4-8-14-23)33-31-25-18-17-24(22-11-5-3-6-12-22)20-29(25)35-28-16-10-9-15-27(28)34(2)32(35)30(21)31;1-21-19-26(23-13-7-4-8-14-23)33-31-25-15-9-10-16-27(25)35-29-20-24(22-11-5-3-6-12-22)17-18-28(29)34(2)32(35)30(21)31/h2*9-11,16-20,22-23H,3-8,12-15H2,1-2H3;2*9-10,15-20,22-23H,3-8,11-14H2,1-2H3/q4*+1. The van der Waals surface area contributed by atoms with Crippen LogP contribution < -0.4 is 18.3 Å². The van der Waals surface area contributed by atoms with Crippen LogP contribution in [0.1, 0.15) is 371 Å². The fourth-order valence-electron chi connectivity index (χ4n) is 29.2. The van der Waals surface area contributed by atoms with Gasteiger partial charge < -0.3 is 0 Å². The molecule has 0 aliphatic heterocycles. The number of fused-ring (bicyclic) bond motifs is 32. The van der Waals surface area contributed by atoms with Crippen molar-refractivity contribution in [2.24, 2.45) is 28.2 Å². The van der Waals surface area contributed by atoms with Gasteiger partial charge in [-0.1, -0.05) is 239 Å². The zero-order valence-electron chi connectivity index (χ0n) is 84.7. The van der Waals surface area contributed by atoms with Gasteiger partial charge in [0.2, 0.25) is 0 Å². The zero-order chi connectivity index (χ0) is 94.1. The molecule has 0 N–H and O–H groups in total. The molecule has 8 aliphatic rings. The van der Waals surface area contributed by atoms with Gasteiger partial charge in [0, 0.05) is 79.1 Å². The van der Waals surface area contributed by atoms with Crippen LogP contribution in [0.2, 0.25) is 0 Å². The first-order valence-electron chi connectivity index (χ1n) is 55.5. The summed E-state index contributed by atoms with van der Waals surface area (Å²) in [5, 5.41) is 10.4. The van der Waals surface area contributed by atoms with Gasteiger partial charge in [0.15, 0.2) is 44.1 Å². The van der Waals surface area contributed by atoms with Crippen LogP contribution in [0.15, 0.2) is 194 Å². The van der Waals surface area contributed by atoms with E-state index in [1.165, 1.54) is 478 Å². The third-order valence-electron chi connectivity index (χ3n) is 36.4. The van der Waals surface area contributed by atoms with Crippen LogP contribution in [0.4, 0.5) is 0 Å². The van der Waals surface area contributed by atoms with Crippen LogP contribution in [0.3, 0.4) is 0 Å². The molecule has 28 rings (SSSR count). The number of benzene rings is 8. The number of rotatable bonds is 8. The lowest BCUT2D eigenvalue weighted by Crippen LogP contribution is -2.27. The van der Waals surface area contributed by atoms with Crippen molar-refractivity contribution >= 4 is 154 Å². The second-order valence-corrected chi connectivity index (χ2v) is 44.9. The van der Waals surface area contributed by atoms with E-state index in [-0.39, 0.29) is 0 Å². The summed E-state index contributed by atoms with van der Waals surface area (Å²) < 4.78 is 19.8. The van der Waals surface area contributed by atoms with Gasteiger partial charge >= 0.3 is 0 Å². The largest absolute Gasteiger partial charge is 0.297 e. The topological polar surface area (TPSA) is 84.7 Å². The molecule has 8 aromatic carbocycles. The van der Waals surface area contributed by atoms with E-state index in [1.54, 1.807) is 0 Å². The van der Waals surface area contributed by atoms with E-state index < -0.39 is 0 Å². The van der Waals surface area contributed by atoms with Crippen molar-refractivity contribution in [2.75, 3.05) is 0 Å². The molecule has 0 saturated heterocycles. The minimum Gasteiger partial charge on any atom is -0.251 e. The van der Waals surface area contributed by atoms with E-state index in [4.69, 9.17) is 19.9 Å². The first kappa shape index (κ1) is 89.6. The normalized spacial score (nSPS) is 18.3. The Balaban J connectivity index is 0.0000000985. The van der Waals surface area contributed by atoms with Crippen LogP contribution in [0.5, 0.6) is 0 Å². The van der Waals surface area contributed by atoms with Crippen molar-refractivity contribution in [1.29, 1.82) is 0 Å². The highest BCUT2D eigenvalue weighted by atomic mass is 15.1. The Morgan fingerprint density at radius 2 is 0.486 bits per heavy atom. The number of hydrogen-bond donors (Lipinski definition) is 0. The smallest absolute Gasteiger partial charge is 0.251 e. The predicted octanol–water partition coefficient (Wildman–Crippen LogP) is 32.1. The molecule has 12 aromatic heterocycles. The van der Waals surface area contributed by atoms with Gasteiger partial charge in [-0.05, 0) is 297 Å². The number of para-hydroxylation sites is 8. The van der Waals surface area contributed by atoms with Crippen LogP contribution in [0, 0.1) is 27.7 Å². The first-order chi connectivity index (χ1) is 68.8. The van der Waals surface area contributed by atoms with Gasteiger partial charge in [-0.25, -0.2) is 18.3 Å². The highest BCUT2D eigenvalue weighted by Crippen LogP contribution is 2.49. The van der Waals surface area contributed by atoms with Gasteiger partial charge in [-0.2, -0.15) is 17.6 Å². The van der Waals surface area contributed by atoms with Crippen molar-refractivity contribution in [1.82, 2.24) is 37.5 Å². The second kappa shape index (κ2) is 37.6. The van der Waals surface area contributed by atoms with E-state index in [1.807, 2.05) is 0 Å². The quantitative estimate of drug-likeness (QED) is 0.112. The van der Waals surface area contributed by atoms with E-state index in [9.17, 15) is 0 Å². The van der Waals surface area contributed by atoms with Crippen molar-refractivity contribution in [2.45, 2.75) is 332 Å². The summed E-state index contributed by atoms with van der Waals surface area (Å²) in [4.78, 5) is 21.8. The molecule has 0 radical (unpaired) electrons. The van der Waals surface area contributed by atoms with Gasteiger partial charge in [-0.15, -0.1) is 0 Å². The summed E-state index contributed by atoms with van der Waals surface area (Å²) >= 11 is 0. The molecule has 0 amide bonds. The molecule has 712 valence electrons. The number of hydrogen-bond acceptors (Lipinski definition) is 4. The minimum absolute atomic E-state index is 0.610. The fourth-order valence-corrected chi connectivity index (χ4v) is 29.2. The molecule has 8 fully saturated rings. The maximum atomic E-state index is 5.51. The number of aryl methyl sites for hydroxylation is 8. The van der Waals surface area contributed by atoms with Crippen molar-refractivity contribution in [3.8, 4) is 0 Å². The Labute approximate surface area is 825 Å². The average Bonchev–Trinajstić information content (AvgIpc) is 1.52. The van der Waals surface area contributed by atoms with Crippen molar-refractivity contribution < 1.29 is 18.3 Å². The summed E-state index contributed by atoms with van der Waals surface area (Å²) in [5.41, 5.74) is 42.5. The van der Waals surface area contributed by atoms with E-state index >= 15 is 0 Å². The van der Waals surface area contributed by atoms with E-state index in [0.29, 0.717) is 47.3 Å². The van der Waals surface area contributed by atoms with Gasteiger partial charge in [-0.3, -0.25) is 19.9 Å². The Bertz CT molecular complexity index is 8200. The molecule has 140 heavy (non-hydrogen) atoms. The molecule has 0 atom stereocenters. The summed E-state index contributed by atoms with van der Waals surface area (Å²) in [6, 6.07) is 74.0. The number of aromatic nitrogens is 12. The van der Waals surface area contributed by atoms with Gasteiger partial charge in [0.05, 0.1) is 71.8 Å². The second-order valence-electron chi connectivity index (χ2n) is 44.9. The molecule has 12 heterocycles. The first-order valence-corrected chi connectivity index (χ1v) is 55.5. The number of nitrogens with zero attached hydrogens (tertiary/aromatic N) is 12. The van der Waals surface area contributed by atoms with Gasteiger partial charge in [0.25, 0.3) is 22.6 Å². The monoisotopic (exact) mass is 1850 g/mol. The average molecular weight is 1850 g/mol. The fraction of sp³-hybridized carbons (Fsp3) is 0.438. The summed E-state index contributed by atoms with van der Waals surface area (Å²) in [6.07, 6.45) is 53.5.